The molecule has 0 aliphatic rings. The second kappa shape index (κ2) is 8.17. The van der Waals surface area contributed by atoms with E-state index in [2.05, 4.69) is 16.9 Å². The zero-order valence-corrected chi connectivity index (χ0v) is 15.2. The Morgan fingerprint density at radius 3 is 2.56 bits per heavy atom. The Morgan fingerprint density at radius 1 is 1.28 bits per heavy atom. The van der Waals surface area contributed by atoms with Crippen LogP contribution in [-0.4, -0.2) is 16.4 Å². The van der Waals surface area contributed by atoms with E-state index >= 15 is 0 Å². The van der Waals surface area contributed by atoms with Gasteiger partial charge in [0.25, 0.3) is 5.56 Å². The summed E-state index contributed by atoms with van der Waals surface area (Å²) in [5.41, 5.74) is 0.596. The highest BCUT2D eigenvalue weighted by Crippen LogP contribution is 2.20. The van der Waals surface area contributed by atoms with Gasteiger partial charge in [0.1, 0.15) is 6.67 Å². The molecular formula is C19H20ClFN2O2. The molecule has 0 amide bonds. The van der Waals surface area contributed by atoms with E-state index in [1.807, 2.05) is 20.8 Å². The van der Waals surface area contributed by atoms with Gasteiger partial charge >= 0.3 is 0 Å². The van der Waals surface area contributed by atoms with Crippen molar-refractivity contribution in [1.29, 1.82) is 0 Å². The third-order valence-electron chi connectivity index (χ3n) is 3.35. The smallest absolute Gasteiger partial charge is 0.289 e. The van der Waals surface area contributed by atoms with Gasteiger partial charge in [-0.25, -0.2) is 9.07 Å². The van der Waals surface area contributed by atoms with Crippen LogP contribution in [0.5, 0.6) is 5.75 Å². The van der Waals surface area contributed by atoms with Gasteiger partial charge < -0.3 is 4.74 Å². The number of alkyl halides is 1. The van der Waals surface area contributed by atoms with E-state index in [-0.39, 0.29) is 22.9 Å². The Bertz CT molecular complexity index is 843. The second-order valence-electron chi connectivity index (χ2n) is 6.44. The average molecular weight is 363 g/mol. The van der Waals surface area contributed by atoms with E-state index in [0.29, 0.717) is 12.0 Å². The highest BCUT2D eigenvalue weighted by Gasteiger charge is 2.19. The number of ether oxygens (including phenoxy) is 1. The lowest BCUT2D eigenvalue weighted by atomic mass is 10.1. The minimum atomic E-state index is -0.482. The Labute approximate surface area is 151 Å². The van der Waals surface area contributed by atoms with Crippen LogP contribution in [0, 0.1) is 11.8 Å². The summed E-state index contributed by atoms with van der Waals surface area (Å²) in [4.78, 5) is 12.2. The van der Waals surface area contributed by atoms with Crippen LogP contribution in [0.3, 0.4) is 0 Å². The molecular weight excluding hydrogens is 343 g/mol. The van der Waals surface area contributed by atoms with Crippen molar-refractivity contribution in [2.24, 2.45) is 0 Å². The molecule has 0 saturated carbocycles. The summed E-state index contributed by atoms with van der Waals surface area (Å²) in [5.74, 6) is 6.19. The largest absolute Gasteiger partial charge is 0.489 e. The summed E-state index contributed by atoms with van der Waals surface area (Å²) in [6.45, 7) is 5.41. The first-order chi connectivity index (χ1) is 11.8. The van der Waals surface area contributed by atoms with E-state index in [1.54, 1.807) is 24.3 Å². The first-order valence-electron chi connectivity index (χ1n) is 7.88. The number of hydrogen-bond donors (Lipinski definition) is 0. The number of benzene rings is 1. The number of nitrogens with zero attached hydrogens (tertiary/aromatic N) is 2. The van der Waals surface area contributed by atoms with Crippen molar-refractivity contribution < 1.29 is 9.13 Å². The first-order valence-corrected chi connectivity index (χ1v) is 8.25. The molecule has 25 heavy (non-hydrogen) atoms. The number of halogens is 2. The predicted octanol–water partition coefficient (Wildman–Crippen LogP) is 3.94. The lowest BCUT2D eigenvalue weighted by Gasteiger charge is -2.21. The van der Waals surface area contributed by atoms with Gasteiger partial charge in [0.05, 0.1) is 18.3 Å². The minimum Gasteiger partial charge on any atom is -0.489 e. The van der Waals surface area contributed by atoms with E-state index < -0.39 is 12.2 Å². The monoisotopic (exact) mass is 362 g/mol. The van der Waals surface area contributed by atoms with Crippen molar-refractivity contribution in [3.63, 3.8) is 0 Å². The summed E-state index contributed by atoms with van der Waals surface area (Å²) in [5, 5.41) is 4.11. The van der Waals surface area contributed by atoms with Crippen LogP contribution < -0.4 is 10.3 Å². The molecule has 6 heteroatoms. The maximum atomic E-state index is 12.4. The second-order valence-corrected chi connectivity index (χ2v) is 6.82. The van der Waals surface area contributed by atoms with E-state index in [1.165, 1.54) is 10.9 Å². The van der Waals surface area contributed by atoms with Crippen molar-refractivity contribution in [3.8, 4) is 17.6 Å². The molecule has 0 spiro atoms. The van der Waals surface area contributed by atoms with Crippen molar-refractivity contribution in [2.45, 2.75) is 39.4 Å². The molecule has 0 unspecified atom stereocenters. The Hall–Kier alpha value is -2.32. The lowest BCUT2D eigenvalue weighted by Crippen LogP contribution is -2.36. The molecule has 0 atom stereocenters. The quantitative estimate of drug-likeness (QED) is 0.611. The van der Waals surface area contributed by atoms with Crippen LogP contribution in [0.1, 0.15) is 38.3 Å². The summed E-state index contributed by atoms with van der Waals surface area (Å²) >= 11 is 6.08. The summed E-state index contributed by atoms with van der Waals surface area (Å²) in [7, 11) is 0. The van der Waals surface area contributed by atoms with Crippen LogP contribution in [0.15, 0.2) is 35.3 Å². The van der Waals surface area contributed by atoms with Crippen LogP contribution in [0.2, 0.25) is 5.02 Å². The number of aromatic nitrogens is 2. The molecule has 0 saturated heterocycles. The van der Waals surface area contributed by atoms with Crippen molar-refractivity contribution in [1.82, 2.24) is 9.78 Å². The van der Waals surface area contributed by atoms with Gasteiger partial charge in [-0.2, -0.15) is 5.10 Å². The normalized spacial score (nSPS) is 10.9. The van der Waals surface area contributed by atoms with Gasteiger partial charge in [-0.3, -0.25) is 4.79 Å². The molecule has 132 valence electrons. The van der Waals surface area contributed by atoms with E-state index in [4.69, 9.17) is 16.3 Å². The number of hydrogen-bond acceptors (Lipinski definition) is 3. The molecule has 0 N–H and O–H groups in total. The minimum absolute atomic E-state index is 0.0136. The summed E-state index contributed by atoms with van der Waals surface area (Å²) in [6.07, 6.45) is 1.90. The maximum absolute atomic E-state index is 12.4. The fourth-order valence-electron chi connectivity index (χ4n) is 2.05. The molecule has 1 aromatic carbocycles. The standard InChI is InChI=1S/C19H20ClFN2O2/c1-19(2,3)23-18(24)17(20)16(13-22-23)25-11-5-4-6-14-7-9-15(12-21)10-8-14/h7-10,13H,5,11-12H2,1-3H3. The van der Waals surface area contributed by atoms with Crippen molar-refractivity contribution in [2.75, 3.05) is 6.61 Å². The molecule has 2 rings (SSSR count). The molecule has 0 radical (unpaired) electrons. The molecule has 2 aromatic rings. The third-order valence-corrected chi connectivity index (χ3v) is 3.70. The van der Waals surface area contributed by atoms with Crippen LogP contribution in [0.4, 0.5) is 4.39 Å². The van der Waals surface area contributed by atoms with Gasteiger partial charge in [0.2, 0.25) is 0 Å². The summed E-state index contributed by atoms with van der Waals surface area (Å²) < 4.78 is 19.3. The van der Waals surface area contributed by atoms with Crippen LogP contribution in [0.25, 0.3) is 0 Å². The predicted molar refractivity (Wildman–Crippen MR) is 96.7 cm³/mol. The summed E-state index contributed by atoms with van der Waals surface area (Å²) in [6, 6.07) is 6.96. The molecule has 0 bridgehead atoms. The Kier molecular flexibility index (Phi) is 6.22. The Morgan fingerprint density at radius 2 is 1.96 bits per heavy atom. The van der Waals surface area contributed by atoms with Gasteiger partial charge in [0.15, 0.2) is 10.8 Å². The zero-order valence-electron chi connectivity index (χ0n) is 14.5. The average Bonchev–Trinajstić information content (AvgIpc) is 2.57. The highest BCUT2D eigenvalue weighted by molar-refractivity contribution is 6.31. The van der Waals surface area contributed by atoms with Gasteiger partial charge in [0, 0.05) is 12.0 Å². The van der Waals surface area contributed by atoms with E-state index in [9.17, 15) is 9.18 Å². The maximum Gasteiger partial charge on any atom is 0.289 e. The van der Waals surface area contributed by atoms with Gasteiger partial charge in [-0.1, -0.05) is 35.6 Å². The van der Waals surface area contributed by atoms with Gasteiger partial charge in [-0.05, 0) is 38.5 Å². The zero-order chi connectivity index (χ0) is 18.4. The fourth-order valence-corrected chi connectivity index (χ4v) is 2.23. The molecule has 0 aliphatic heterocycles. The molecule has 1 aromatic heterocycles. The van der Waals surface area contributed by atoms with Crippen LogP contribution in [-0.2, 0) is 12.2 Å². The third kappa shape index (κ3) is 5.07. The molecule has 0 fully saturated rings. The molecule has 0 aliphatic carbocycles. The fraction of sp³-hybridized carbons (Fsp3) is 0.368. The topological polar surface area (TPSA) is 44.1 Å². The molecule has 4 nitrogen and oxygen atoms in total. The van der Waals surface area contributed by atoms with Crippen molar-refractivity contribution in [3.05, 3.63) is 57.0 Å². The Balaban J connectivity index is 1.95. The highest BCUT2D eigenvalue weighted by atomic mass is 35.5. The number of rotatable bonds is 4. The van der Waals surface area contributed by atoms with Gasteiger partial charge in [-0.15, -0.1) is 0 Å². The van der Waals surface area contributed by atoms with Crippen LogP contribution >= 0.6 is 11.6 Å². The molecule has 1 heterocycles. The van der Waals surface area contributed by atoms with E-state index in [0.717, 1.165) is 5.56 Å². The SMILES string of the molecule is CC(C)(C)n1ncc(OCCC#Cc2ccc(CF)cc2)c(Cl)c1=O. The first kappa shape index (κ1) is 19.0. The van der Waals surface area contributed by atoms with Crippen molar-refractivity contribution >= 4 is 11.6 Å². The lowest BCUT2D eigenvalue weighted by molar-refractivity contribution is 0.306.